The van der Waals surface area contributed by atoms with Gasteiger partial charge >= 0.3 is 118 Å². The molecule has 0 saturated heterocycles. The second-order valence-electron chi connectivity index (χ2n) is 12.3. The minimum Gasteiger partial charge on any atom is -0.744 e. The summed E-state index contributed by atoms with van der Waals surface area (Å²) in [6.45, 7) is 0. The zero-order valence-corrected chi connectivity index (χ0v) is 45.4. The van der Waals surface area contributed by atoms with Crippen LogP contribution in [-0.4, -0.2) is 76.3 Å². The average Bonchev–Trinajstić information content (AvgIpc) is 3.15. The van der Waals surface area contributed by atoms with E-state index < -0.39 is 104 Å². The Labute approximate surface area is 452 Å². The molecule has 0 atom stereocenters. The first-order chi connectivity index (χ1) is 27.9. The van der Waals surface area contributed by atoms with Gasteiger partial charge in [0.1, 0.15) is 74.7 Å². The summed E-state index contributed by atoms with van der Waals surface area (Å²) in [7, 11) is -18.9. The third-order valence-electron chi connectivity index (χ3n) is 8.74. The third-order valence-corrected chi connectivity index (χ3v) is 12.2. The van der Waals surface area contributed by atoms with E-state index >= 15 is 0 Å². The summed E-state index contributed by atoms with van der Waals surface area (Å²) in [4.78, 5) is -4.73. The van der Waals surface area contributed by atoms with E-state index in [1.807, 2.05) is 0 Å². The number of phenolic OH excluding ortho intramolecular Hbond substituents is 2. The summed E-state index contributed by atoms with van der Waals surface area (Å²) >= 11 is 0. The number of rotatable bonds is 11. The summed E-state index contributed by atoms with van der Waals surface area (Å²) in [6.07, 6.45) is 0. The number of ether oxygens (including phenoxy) is 2. The van der Waals surface area contributed by atoms with Gasteiger partial charge in [0.05, 0.1) is 55.9 Å². The van der Waals surface area contributed by atoms with Crippen LogP contribution >= 0.6 is 0 Å². The van der Waals surface area contributed by atoms with Gasteiger partial charge in [0.25, 0.3) is 0 Å². The molecule has 0 fully saturated rings. The second kappa shape index (κ2) is 21.6. The SMILES string of the molecule is COc1cc(-c2ccc(N=Nc3ccc4c(S(=O)(=O)[O-])cc(S(=O)(=O)[O-])c(N)c4c3O)c(OC)c2)ccc1N=Nc1ccc2c(S(=O)(=O)[O-])cc(S(=O)(=O)[O-])c(N)c2c1O.[Na+].[Na+].[Na+].[Na+]. The Morgan fingerprint density at radius 3 is 1.02 bits per heavy atom. The molecule has 6 aromatic rings. The summed E-state index contributed by atoms with van der Waals surface area (Å²) in [5.74, 6) is -1.52. The standard InChI is InChI=1S/C34H28N6O16S4.4Na/c1-55-23-11-15(3-7-19(23)37-39-21-9-5-17-25(57(43,44)45)13-27(59(49,50)51)31(35)29(17)33(21)41)16-4-8-20(24(12-16)56-2)38-40-22-10-6-18-26(58(46,47)48)14-28(60(52,53)54)32(36)30(18)34(22)42;;;;/h3-14,41-42H,35-36H2,1-2H3,(H,43,44,45)(H,46,47,48)(H,49,50,51)(H,52,53,54);;;;/q;4*+1/p-4. The first-order valence-electron chi connectivity index (χ1n) is 16.1. The fourth-order valence-corrected chi connectivity index (χ4v) is 8.82. The van der Waals surface area contributed by atoms with E-state index in [0.717, 1.165) is 24.3 Å². The molecule has 0 bridgehead atoms. The maximum Gasteiger partial charge on any atom is 1.00 e. The Hall–Kier alpha value is -2.52. The maximum absolute atomic E-state index is 11.9. The fourth-order valence-electron chi connectivity index (χ4n) is 6.00. The first-order valence-corrected chi connectivity index (χ1v) is 21.7. The van der Waals surface area contributed by atoms with Gasteiger partial charge in [0.15, 0.2) is 11.5 Å². The van der Waals surface area contributed by atoms with Gasteiger partial charge in [-0.05, 0) is 59.7 Å². The molecule has 0 aromatic heterocycles. The smallest absolute Gasteiger partial charge is 0.744 e. The Morgan fingerprint density at radius 1 is 0.453 bits per heavy atom. The van der Waals surface area contributed by atoms with Crippen LogP contribution in [0.4, 0.5) is 34.1 Å². The van der Waals surface area contributed by atoms with Crippen molar-refractivity contribution in [2.75, 3.05) is 25.7 Å². The molecule has 6 aromatic carbocycles. The number of benzene rings is 6. The van der Waals surface area contributed by atoms with Crippen molar-refractivity contribution in [2.24, 2.45) is 20.5 Å². The van der Waals surface area contributed by atoms with Crippen LogP contribution < -0.4 is 139 Å². The molecular formula is C34H24N6Na4O16S4. The Bertz CT molecular complexity index is 3140. The van der Waals surface area contributed by atoms with Crippen molar-refractivity contribution in [1.82, 2.24) is 0 Å². The number of hydrogen-bond acceptors (Lipinski definition) is 22. The molecule has 30 heteroatoms. The van der Waals surface area contributed by atoms with Crippen LogP contribution in [0.3, 0.4) is 0 Å². The molecule has 0 radical (unpaired) electrons. The Balaban J connectivity index is 0.00000352. The number of nitrogens with two attached hydrogens (primary N) is 2. The number of aromatic hydroxyl groups is 2. The minimum absolute atomic E-state index is 0. The number of hydrogen-bond donors (Lipinski definition) is 4. The number of phenols is 2. The third kappa shape index (κ3) is 11.8. The number of azo groups is 2. The van der Waals surface area contributed by atoms with Crippen LogP contribution in [0.25, 0.3) is 32.7 Å². The monoisotopic (exact) mass is 992 g/mol. The van der Waals surface area contributed by atoms with E-state index in [1.165, 1.54) is 38.5 Å². The molecule has 22 nitrogen and oxygen atoms in total. The van der Waals surface area contributed by atoms with Crippen molar-refractivity contribution in [3.63, 3.8) is 0 Å². The molecule has 0 aliphatic carbocycles. The van der Waals surface area contributed by atoms with Crippen LogP contribution in [0.15, 0.2) is 113 Å². The minimum atomic E-state index is -5.41. The fraction of sp³-hybridized carbons (Fsp3) is 0.0588. The number of methoxy groups -OCH3 is 2. The number of anilines is 2. The van der Waals surface area contributed by atoms with Crippen molar-refractivity contribution < 1.29 is 190 Å². The van der Waals surface area contributed by atoms with Gasteiger partial charge in [-0.1, -0.05) is 24.3 Å². The van der Waals surface area contributed by atoms with Crippen LogP contribution in [0.2, 0.25) is 0 Å². The van der Waals surface area contributed by atoms with Gasteiger partial charge in [-0.2, -0.15) is 0 Å². The summed E-state index contributed by atoms with van der Waals surface area (Å²) in [5.41, 5.74) is 10.5. The molecular weight excluding hydrogens is 969 g/mol. The Morgan fingerprint density at radius 2 is 0.734 bits per heavy atom. The van der Waals surface area contributed by atoms with Crippen molar-refractivity contribution >= 4 is 96.1 Å². The van der Waals surface area contributed by atoms with Gasteiger partial charge in [0, 0.05) is 10.8 Å². The summed E-state index contributed by atoms with van der Waals surface area (Å²) < 4.78 is 153. The molecule has 6 N–H and O–H groups in total. The summed E-state index contributed by atoms with van der Waals surface area (Å²) in [6, 6.07) is 13.9. The summed E-state index contributed by atoms with van der Waals surface area (Å²) in [5, 5.41) is 35.7. The maximum atomic E-state index is 11.9. The van der Waals surface area contributed by atoms with Gasteiger partial charge in [-0.25, -0.2) is 33.7 Å². The molecule has 0 aliphatic heterocycles. The molecule has 0 heterocycles. The number of nitrogen functional groups attached to an aromatic ring is 2. The topological polar surface area (TPSA) is 389 Å². The largest absolute Gasteiger partial charge is 1.00 e. The van der Waals surface area contributed by atoms with Crippen molar-refractivity contribution in [1.29, 1.82) is 0 Å². The molecule has 0 amide bonds. The molecule has 6 rings (SSSR count). The van der Waals surface area contributed by atoms with Gasteiger partial charge in [-0.15, -0.1) is 20.5 Å². The van der Waals surface area contributed by atoms with E-state index in [9.17, 15) is 62.1 Å². The normalized spacial score (nSPS) is 12.0. The predicted octanol–water partition coefficient (Wildman–Crippen LogP) is -7.28. The van der Waals surface area contributed by atoms with E-state index in [1.54, 1.807) is 12.1 Å². The molecule has 0 unspecified atom stereocenters. The zero-order valence-electron chi connectivity index (χ0n) is 34.1. The van der Waals surface area contributed by atoms with Crippen LogP contribution in [0.1, 0.15) is 0 Å². The van der Waals surface area contributed by atoms with Crippen molar-refractivity contribution in [3.05, 3.63) is 72.8 Å². The van der Waals surface area contributed by atoms with Gasteiger partial charge < -0.3 is 49.4 Å². The van der Waals surface area contributed by atoms with E-state index in [2.05, 4.69) is 20.5 Å². The zero-order chi connectivity index (χ0) is 44.3. The quantitative estimate of drug-likeness (QED) is 0.0405. The molecule has 0 saturated carbocycles. The predicted molar refractivity (Wildman–Crippen MR) is 205 cm³/mol. The van der Waals surface area contributed by atoms with E-state index in [-0.39, 0.29) is 152 Å². The van der Waals surface area contributed by atoms with Crippen LogP contribution in [-0.2, 0) is 40.5 Å². The number of nitrogens with zero attached hydrogens (tertiary/aromatic N) is 4. The second-order valence-corrected chi connectivity index (χ2v) is 17.7. The van der Waals surface area contributed by atoms with Crippen molar-refractivity contribution in [2.45, 2.75) is 19.6 Å². The van der Waals surface area contributed by atoms with Gasteiger partial charge in [-0.3, -0.25) is 0 Å². The first kappa shape index (κ1) is 57.6. The van der Waals surface area contributed by atoms with E-state index in [4.69, 9.17) is 20.9 Å². The Kier molecular flexibility index (Phi) is 19.5. The van der Waals surface area contributed by atoms with Gasteiger partial charge in [0.2, 0.25) is 0 Å². The molecule has 314 valence electrons. The van der Waals surface area contributed by atoms with Crippen LogP contribution in [0, 0.1) is 0 Å². The van der Waals surface area contributed by atoms with E-state index in [0.29, 0.717) is 23.3 Å². The van der Waals surface area contributed by atoms with Crippen molar-refractivity contribution in [3.8, 4) is 34.1 Å². The molecule has 0 spiro atoms. The molecule has 0 aliphatic rings. The molecule has 64 heavy (non-hydrogen) atoms. The number of fused-ring (bicyclic) bond motifs is 2. The van der Waals surface area contributed by atoms with Crippen LogP contribution in [0.5, 0.6) is 23.0 Å². The average molecular weight is 993 g/mol.